The number of aryl methyl sites for hydroxylation is 1. The molecule has 7 nitrogen and oxygen atoms in total. The number of hydrogen-bond donors (Lipinski definition) is 0. The Morgan fingerprint density at radius 2 is 1.79 bits per heavy atom. The van der Waals surface area contributed by atoms with E-state index in [4.69, 9.17) is 0 Å². The second-order valence-electron chi connectivity index (χ2n) is 8.07. The molecule has 4 rings (SSSR count). The van der Waals surface area contributed by atoms with E-state index in [1.54, 1.807) is 0 Å². The summed E-state index contributed by atoms with van der Waals surface area (Å²) in [5.74, 6) is 0.569. The van der Waals surface area contributed by atoms with E-state index in [-0.39, 0.29) is 23.5 Å². The van der Waals surface area contributed by atoms with Crippen LogP contribution in [0.4, 0.5) is 0 Å². The van der Waals surface area contributed by atoms with Crippen molar-refractivity contribution in [2.75, 3.05) is 37.7 Å². The summed E-state index contributed by atoms with van der Waals surface area (Å²) >= 11 is 0. The standard InChI is InChI=1S/C21H28N4O3S/c1-16-20(17(2)25(22-16)14-18-6-4-3-5-7-18)21(26)24-11-9-23(10-12-24)19-8-13-29(27,28)15-19/h3-7,19H,8-15H2,1-2H3. The molecule has 0 bridgehead atoms. The third-order valence-corrected chi connectivity index (χ3v) is 7.85. The van der Waals surface area contributed by atoms with Crippen molar-refractivity contribution in [1.82, 2.24) is 19.6 Å². The van der Waals surface area contributed by atoms with E-state index in [0.717, 1.165) is 30.0 Å². The lowest BCUT2D eigenvalue weighted by atomic mass is 10.1. The van der Waals surface area contributed by atoms with E-state index in [9.17, 15) is 13.2 Å². The Balaban J connectivity index is 1.43. The predicted octanol–water partition coefficient (Wildman–Crippen LogP) is 1.49. The van der Waals surface area contributed by atoms with Crippen molar-refractivity contribution in [3.63, 3.8) is 0 Å². The zero-order chi connectivity index (χ0) is 20.6. The molecule has 3 heterocycles. The van der Waals surface area contributed by atoms with Crippen LogP contribution in [0, 0.1) is 13.8 Å². The molecule has 2 saturated heterocycles. The molecule has 29 heavy (non-hydrogen) atoms. The average Bonchev–Trinajstić information content (AvgIpc) is 3.21. The summed E-state index contributed by atoms with van der Waals surface area (Å²) in [7, 11) is -2.89. The molecule has 1 unspecified atom stereocenters. The van der Waals surface area contributed by atoms with Crippen molar-refractivity contribution in [2.24, 2.45) is 0 Å². The van der Waals surface area contributed by atoms with Crippen molar-refractivity contribution in [3.8, 4) is 0 Å². The highest BCUT2D eigenvalue weighted by molar-refractivity contribution is 7.91. The Morgan fingerprint density at radius 3 is 2.41 bits per heavy atom. The van der Waals surface area contributed by atoms with E-state index in [1.807, 2.05) is 41.6 Å². The van der Waals surface area contributed by atoms with Crippen LogP contribution >= 0.6 is 0 Å². The minimum absolute atomic E-state index is 0.0259. The van der Waals surface area contributed by atoms with Gasteiger partial charge in [-0.1, -0.05) is 30.3 Å². The molecule has 2 aliphatic rings. The van der Waals surface area contributed by atoms with Crippen LogP contribution in [0.25, 0.3) is 0 Å². The second-order valence-corrected chi connectivity index (χ2v) is 10.3. The number of carbonyl (C=O) groups excluding carboxylic acids is 1. The van der Waals surface area contributed by atoms with Gasteiger partial charge >= 0.3 is 0 Å². The lowest BCUT2D eigenvalue weighted by Crippen LogP contribution is -2.52. The van der Waals surface area contributed by atoms with E-state index in [0.29, 0.717) is 31.6 Å². The molecule has 1 amide bonds. The molecule has 2 aromatic rings. The van der Waals surface area contributed by atoms with E-state index in [2.05, 4.69) is 22.1 Å². The number of sulfone groups is 1. The molecular weight excluding hydrogens is 388 g/mol. The van der Waals surface area contributed by atoms with Crippen LogP contribution in [0.2, 0.25) is 0 Å². The first-order valence-corrected chi connectivity index (χ1v) is 12.0. The fourth-order valence-corrected chi connectivity index (χ4v) is 6.19. The maximum atomic E-state index is 13.2. The Labute approximate surface area is 172 Å². The molecule has 2 fully saturated rings. The van der Waals surface area contributed by atoms with E-state index < -0.39 is 9.84 Å². The summed E-state index contributed by atoms with van der Waals surface area (Å²) in [5.41, 5.74) is 3.49. The summed E-state index contributed by atoms with van der Waals surface area (Å²) in [6.45, 7) is 7.18. The first-order valence-electron chi connectivity index (χ1n) is 10.2. The molecule has 2 aliphatic heterocycles. The summed E-state index contributed by atoms with van der Waals surface area (Å²) in [6, 6.07) is 10.2. The van der Waals surface area contributed by atoms with Crippen LogP contribution in [0.1, 0.15) is 33.7 Å². The number of carbonyl (C=O) groups is 1. The lowest BCUT2D eigenvalue weighted by Gasteiger charge is -2.37. The Kier molecular flexibility index (Phi) is 5.48. The largest absolute Gasteiger partial charge is 0.336 e. The van der Waals surface area contributed by atoms with Gasteiger partial charge < -0.3 is 4.90 Å². The van der Waals surface area contributed by atoms with Gasteiger partial charge in [0.15, 0.2) is 9.84 Å². The van der Waals surface area contributed by atoms with Crippen molar-refractivity contribution < 1.29 is 13.2 Å². The van der Waals surface area contributed by atoms with Gasteiger partial charge in [0.25, 0.3) is 5.91 Å². The molecular formula is C21H28N4O3S. The van der Waals surface area contributed by atoms with Gasteiger partial charge in [-0.3, -0.25) is 14.4 Å². The minimum Gasteiger partial charge on any atom is -0.336 e. The molecule has 8 heteroatoms. The highest BCUT2D eigenvalue weighted by atomic mass is 32.2. The number of piperazine rings is 1. The average molecular weight is 417 g/mol. The molecule has 0 aliphatic carbocycles. The lowest BCUT2D eigenvalue weighted by molar-refractivity contribution is 0.0586. The Bertz CT molecular complexity index is 992. The number of nitrogens with zero attached hydrogens (tertiary/aromatic N) is 4. The van der Waals surface area contributed by atoms with Crippen LogP contribution in [0.5, 0.6) is 0 Å². The van der Waals surface area contributed by atoms with Crippen molar-refractivity contribution in [1.29, 1.82) is 0 Å². The monoisotopic (exact) mass is 416 g/mol. The van der Waals surface area contributed by atoms with E-state index >= 15 is 0 Å². The van der Waals surface area contributed by atoms with Crippen LogP contribution in [0.15, 0.2) is 30.3 Å². The molecule has 0 N–H and O–H groups in total. The molecule has 1 aromatic heterocycles. The topological polar surface area (TPSA) is 75.5 Å². The van der Waals surface area contributed by atoms with Crippen LogP contribution < -0.4 is 0 Å². The van der Waals surface area contributed by atoms with Crippen molar-refractivity contribution in [3.05, 3.63) is 52.8 Å². The predicted molar refractivity (Wildman–Crippen MR) is 112 cm³/mol. The molecule has 0 spiro atoms. The zero-order valence-electron chi connectivity index (χ0n) is 17.0. The maximum Gasteiger partial charge on any atom is 0.257 e. The van der Waals surface area contributed by atoms with E-state index in [1.165, 1.54) is 0 Å². The zero-order valence-corrected chi connectivity index (χ0v) is 17.9. The van der Waals surface area contributed by atoms with Crippen molar-refractivity contribution >= 4 is 15.7 Å². The van der Waals surface area contributed by atoms with Gasteiger partial charge in [-0.2, -0.15) is 5.10 Å². The number of amides is 1. The second kappa shape index (κ2) is 7.91. The fraction of sp³-hybridized carbons (Fsp3) is 0.524. The summed E-state index contributed by atoms with van der Waals surface area (Å²) in [4.78, 5) is 17.3. The smallest absolute Gasteiger partial charge is 0.257 e. The first-order chi connectivity index (χ1) is 13.8. The molecule has 1 atom stereocenters. The Morgan fingerprint density at radius 1 is 1.10 bits per heavy atom. The first kappa shape index (κ1) is 20.1. The highest BCUT2D eigenvalue weighted by Gasteiger charge is 2.35. The minimum atomic E-state index is -2.89. The summed E-state index contributed by atoms with van der Waals surface area (Å²) in [5, 5.41) is 4.61. The Hall–Kier alpha value is -2.19. The van der Waals surface area contributed by atoms with Crippen LogP contribution in [0.3, 0.4) is 0 Å². The SMILES string of the molecule is Cc1nn(Cc2ccccc2)c(C)c1C(=O)N1CCN(C2CCS(=O)(=O)C2)CC1. The third kappa shape index (κ3) is 4.23. The van der Waals surface area contributed by atoms with Crippen molar-refractivity contribution in [2.45, 2.75) is 32.9 Å². The van der Waals surface area contributed by atoms with Gasteiger partial charge in [-0.15, -0.1) is 0 Å². The van der Waals surface area contributed by atoms with Gasteiger partial charge in [-0.25, -0.2) is 8.42 Å². The van der Waals surface area contributed by atoms with Gasteiger partial charge in [0.2, 0.25) is 0 Å². The molecule has 1 aromatic carbocycles. The van der Waals surface area contributed by atoms with Gasteiger partial charge in [0.05, 0.1) is 29.3 Å². The number of aromatic nitrogens is 2. The van der Waals surface area contributed by atoms with Gasteiger partial charge in [-0.05, 0) is 25.8 Å². The molecule has 0 saturated carbocycles. The number of hydrogen-bond acceptors (Lipinski definition) is 5. The summed E-state index contributed by atoms with van der Waals surface area (Å²) in [6.07, 6.45) is 0.709. The van der Waals surface area contributed by atoms with Gasteiger partial charge in [0.1, 0.15) is 0 Å². The van der Waals surface area contributed by atoms with Crippen LogP contribution in [-0.4, -0.2) is 77.6 Å². The maximum absolute atomic E-state index is 13.2. The number of rotatable bonds is 4. The quantitative estimate of drug-likeness (QED) is 0.755. The molecule has 156 valence electrons. The number of benzene rings is 1. The normalized spacial score (nSPS) is 22.1. The third-order valence-electron chi connectivity index (χ3n) is 6.10. The van der Waals surface area contributed by atoms with Crippen LogP contribution in [-0.2, 0) is 16.4 Å². The summed E-state index contributed by atoms with van der Waals surface area (Å²) < 4.78 is 25.4. The molecule has 0 radical (unpaired) electrons. The fourth-order valence-electron chi connectivity index (χ4n) is 4.43. The van der Waals surface area contributed by atoms with Gasteiger partial charge in [0, 0.05) is 37.9 Å². The highest BCUT2D eigenvalue weighted by Crippen LogP contribution is 2.22.